The monoisotopic (exact) mass is 271 g/mol. The summed E-state index contributed by atoms with van der Waals surface area (Å²) in [6.07, 6.45) is 9.48. The Kier molecular flexibility index (Phi) is 4.36. The van der Waals surface area contributed by atoms with Crippen LogP contribution in [0.2, 0.25) is 0 Å². The number of aryl methyl sites for hydroxylation is 1. The molecule has 3 heteroatoms. The number of benzene rings is 1. The van der Waals surface area contributed by atoms with Crippen molar-refractivity contribution >= 4 is 11.0 Å². The summed E-state index contributed by atoms with van der Waals surface area (Å²) in [5.74, 6) is 2.14. The highest BCUT2D eigenvalue weighted by atomic mass is 15.1. The highest BCUT2D eigenvalue weighted by molar-refractivity contribution is 5.75. The van der Waals surface area contributed by atoms with Crippen LogP contribution >= 0.6 is 0 Å². The van der Waals surface area contributed by atoms with E-state index in [9.17, 15) is 0 Å². The molecule has 1 aromatic heterocycles. The first-order chi connectivity index (χ1) is 9.88. The van der Waals surface area contributed by atoms with E-state index in [2.05, 4.69) is 28.8 Å². The van der Waals surface area contributed by atoms with Crippen LogP contribution in [0.1, 0.15) is 44.3 Å². The van der Waals surface area contributed by atoms with Gasteiger partial charge in [0.25, 0.3) is 0 Å². The molecule has 1 aliphatic carbocycles. The number of rotatable bonds is 5. The number of hydrogen-bond donors (Lipinski definition) is 1. The summed E-state index contributed by atoms with van der Waals surface area (Å²) in [6.45, 7) is 1.55. The molecule has 20 heavy (non-hydrogen) atoms. The van der Waals surface area contributed by atoms with Gasteiger partial charge in [-0.25, -0.2) is 4.98 Å². The second-order valence-corrected chi connectivity index (χ2v) is 6.00. The predicted molar refractivity (Wildman–Crippen MR) is 83.7 cm³/mol. The van der Waals surface area contributed by atoms with Gasteiger partial charge in [-0.15, -0.1) is 0 Å². The third kappa shape index (κ3) is 2.88. The lowest BCUT2D eigenvalue weighted by molar-refractivity contribution is 0.336. The highest BCUT2D eigenvalue weighted by Crippen LogP contribution is 2.28. The van der Waals surface area contributed by atoms with Gasteiger partial charge >= 0.3 is 0 Å². The SMILES string of the molecule is NCCn1c(CCC2CCCCC2)nc2ccccc21. The summed E-state index contributed by atoms with van der Waals surface area (Å²) in [5, 5.41) is 0. The molecule has 1 fully saturated rings. The van der Waals surface area contributed by atoms with Crippen molar-refractivity contribution in [2.24, 2.45) is 11.7 Å². The van der Waals surface area contributed by atoms with E-state index in [4.69, 9.17) is 10.7 Å². The third-order valence-electron chi connectivity index (χ3n) is 4.59. The molecule has 3 nitrogen and oxygen atoms in total. The van der Waals surface area contributed by atoms with Gasteiger partial charge in [-0.3, -0.25) is 0 Å². The first-order valence-corrected chi connectivity index (χ1v) is 8.02. The van der Waals surface area contributed by atoms with Gasteiger partial charge in [0.2, 0.25) is 0 Å². The Morgan fingerprint density at radius 2 is 1.95 bits per heavy atom. The molecule has 3 rings (SSSR count). The maximum Gasteiger partial charge on any atom is 0.109 e. The lowest BCUT2D eigenvalue weighted by Gasteiger charge is -2.21. The fourth-order valence-electron chi connectivity index (χ4n) is 3.50. The molecule has 0 spiro atoms. The molecule has 0 aliphatic heterocycles. The smallest absolute Gasteiger partial charge is 0.109 e. The molecule has 1 saturated carbocycles. The molecule has 0 unspecified atom stereocenters. The zero-order chi connectivity index (χ0) is 13.8. The molecule has 0 atom stereocenters. The third-order valence-corrected chi connectivity index (χ3v) is 4.59. The number of para-hydroxylation sites is 2. The number of aromatic nitrogens is 2. The number of nitrogens with two attached hydrogens (primary N) is 1. The van der Waals surface area contributed by atoms with Gasteiger partial charge in [-0.2, -0.15) is 0 Å². The highest BCUT2D eigenvalue weighted by Gasteiger charge is 2.16. The van der Waals surface area contributed by atoms with Gasteiger partial charge in [0.15, 0.2) is 0 Å². The molecule has 2 aromatic rings. The average Bonchev–Trinajstić information content (AvgIpc) is 2.85. The predicted octanol–water partition coefficient (Wildman–Crippen LogP) is 3.51. The number of fused-ring (bicyclic) bond motifs is 1. The van der Waals surface area contributed by atoms with Crippen molar-refractivity contribution in [1.82, 2.24) is 9.55 Å². The Labute approximate surface area is 121 Å². The van der Waals surface area contributed by atoms with Crippen molar-refractivity contribution in [3.63, 3.8) is 0 Å². The average molecular weight is 271 g/mol. The van der Waals surface area contributed by atoms with E-state index in [1.807, 2.05) is 0 Å². The van der Waals surface area contributed by atoms with E-state index in [1.165, 1.54) is 49.9 Å². The van der Waals surface area contributed by atoms with Crippen LogP contribution in [-0.2, 0) is 13.0 Å². The fourth-order valence-corrected chi connectivity index (χ4v) is 3.50. The summed E-state index contributed by atoms with van der Waals surface area (Å²) in [5.41, 5.74) is 8.11. The van der Waals surface area contributed by atoms with Crippen molar-refractivity contribution in [2.45, 2.75) is 51.5 Å². The van der Waals surface area contributed by atoms with Gasteiger partial charge < -0.3 is 10.3 Å². The molecule has 1 aliphatic rings. The maximum atomic E-state index is 5.77. The van der Waals surface area contributed by atoms with E-state index in [0.29, 0.717) is 6.54 Å². The molecular formula is C17H25N3. The molecular weight excluding hydrogens is 246 g/mol. The van der Waals surface area contributed by atoms with E-state index < -0.39 is 0 Å². The lowest BCUT2D eigenvalue weighted by atomic mass is 9.86. The minimum Gasteiger partial charge on any atom is -0.329 e. The summed E-state index contributed by atoms with van der Waals surface area (Å²) in [4.78, 5) is 4.82. The van der Waals surface area contributed by atoms with Crippen molar-refractivity contribution in [3.05, 3.63) is 30.1 Å². The van der Waals surface area contributed by atoms with Gasteiger partial charge in [-0.05, 0) is 24.5 Å². The molecule has 0 saturated heterocycles. The van der Waals surface area contributed by atoms with Crippen LogP contribution < -0.4 is 5.73 Å². The Balaban J connectivity index is 1.77. The van der Waals surface area contributed by atoms with Gasteiger partial charge in [-0.1, -0.05) is 44.2 Å². The van der Waals surface area contributed by atoms with Crippen LogP contribution in [-0.4, -0.2) is 16.1 Å². The molecule has 1 aromatic carbocycles. The number of imidazole rings is 1. The zero-order valence-corrected chi connectivity index (χ0v) is 12.2. The number of hydrogen-bond acceptors (Lipinski definition) is 2. The van der Waals surface area contributed by atoms with Crippen molar-refractivity contribution in [2.75, 3.05) is 6.54 Å². The largest absolute Gasteiger partial charge is 0.329 e. The number of nitrogens with zero attached hydrogens (tertiary/aromatic N) is 2. The quantitative estimate of drug-likeness (QED) is 0.904. The maximum absolute atomic E-state index is 5.77. The minimum atomic E-state index is 0.677. The van der Waals surface area contributed by atoms with Gasteiger partial charge in [0.05, 0.1) is 11.0 Å². The van der Waals surface area contributed by atoms with E-state index in [1.54, 1.807) is 0 Å². The zero-order valence-electron chi connectivity index (χ0n) is 12.2. The standard InChI is InChI=1S/C17H25N3/c18-12-13-20-16-9-5-4-8-15(16)19-17(20)11-10-14-6-2-1-3-7-14/h4-5,8-9,14H,1-3,6-7,10-13,18H2. The van der Waals surface area contributed by atoms with E-state index in [0.717, 1.165) is 24.4 Å². The van der Waals surface area contributed by atoms with E-state index in [-0.39, 0.29) is 0 Å². The molecule has 108 valence electrons. The van der Waals surface area contributed by atoms with Crippen LogP contribution in [0.5, 0.6) is 0 Å². The van der Waals surface area contributed by atoms with Crippen LogP contribution in [0, 0.1) is 5.92 Å². The van der Waals surface area contributed by atoms with Crippen LogP contribution in [0.3, 0.4) is 0 Å². The second kappa shape index (κ2) is 6.40. The molecule has 0 amide bonds. The minimum absolute atomic E-state index is 0.677. The normalized spacial score (nSPS) is 16.9. The Hall–Kier alpha value is -1.35. The molecule has 0 bridgehead atoms. The Morgan fingerprint density at radius 1 is 1.15 bits per heavy atom. The van der Waals surface area contributed by atoms with Crippen molar-refractivity contribution in [3.8, 4) is 0 Å². The van der Waals surface area contributed by atoms with Gasteiger partial charge in [0, 0.05) is 19.5 Å². The van der Waals surface area contributed by atoms with Crippen molar-refractivity contribution < 1.29 is 0 Å². The van der Waals surface area contributed by atoms with Gasteiger partial charge in [0.1, 0.15) is 5.82 Å². The second-order valence-electron chi connectivity index (χ2n) is 6.00. The first kappa shape index (κ1) is 13.6. The summed E-state index contributed by atoms with van der Waals surface area (Å²) < 4.78 is 2.32. The summed E-state index contributed by atoms with van der Waals surface area (Å²) in [7, 11) is 0. The topological polar surface area (TPSA) is 43.8 Å². The Morgan fingerprint density at radius 3 is 2.75 bits per heavy atom. The molecule has 0 radical (unpaired) electrons. The summed E-state index contributed by atoms with van der Waals surface area (Å²) >= 11 is 0. The van der Waals surface area contributed by atoms with Crippen LogP contribution in [0.4, 0.5) is 0 Å². The van der Waals surface area contributed by atoms with Crippen molar-refractivity contribution in [1.29, 1.82) is 0 Å². The van der Waals surface area contributed by atoms with Crippen LogP contribution in [0.15, 0.2) is 24.3 Å². The Bertz CT molecular complexity index is 552. The summed E-state index contributed by atoms with van der Waals surface area (Å²) in [6, 6.07) is 8.41. The molecule has 2 N–H and O–H groups in total. The molecule has 1 heterocycles. The fraction of sp³-hybridized carbons (Fsp3) is 0.588. The van der Waals surface area contributed by atoms with E-state index >= 15 is 0 Å². The lowest BCUT2D eigenvalue weighted by Crippen LogP contribution is -2.14. The van der Waals surface area contributed by atoms with Crippen LogP contribution in [0.25, 0.3) is 11.0 Å². The first-order valence-electron chi connectivity index (χ1n) is 8.02.